The third-order valence-corrected chi connectivity index (χ3v) is 5.53. The van der Waals surface area contributed by atoms with Crippen LogP contribution in [-0.2, 0) is 6.42 Å². The zero-order chi connectivity index (χ0) is 19.3. The third kappa shape index (κ3) is 2.59. The highest BCUT2D eigenvalue weighted by molar-refractivity contribution is 6.02. The minimum absolute atomic E-state index is 0.0500. The lowest BCUT2D eigenvalue weighted by atomic mass is 9.79. The first-order valence-corrected chi connectivity index (χ1v) is 9.39. The van der Waals surface area contributed by atoms with Gasteiger partial charge in [-0.2, -0.15) is 0 Å². The Morgan fingerprint density at radius 1 is 1.04 bits per heavy atom. The van der Waals surface area contributed by atoms with E-state index in [1.54, 1.807) is 6.20 Å². The van der Waals surface area contributed by atoms with E-state index in [1.165, 1.54) is 10.2 Å². The number of ketones is 1. The van der Waals surface area contributed by atoms with Crippen molar-refractivity contribution in [3.63, 3.8) is 0 Å². The predicted molar refractivity (Wildman–Crippen MR) is 108 cm³/mol. The summed E-state index contributed by atoms with van der Waals surface area (Å²) in [6.45, 7) is 2.05. The average molecular weight is 369 g/mol. The van der Waals surface area contributed by atoms with E-state index in [0.29, 0.717) is 29.4 Å². The maximum Gasteiger partial charge on any atom is 0.281 e. The molecule has 0 saturated heterocycles. The van der Waals surface area contributed by atoms with Crippen molar-refractivity contribution in [3.8, 4) is 5.69 Å². The number of aromatic amines is 1. The Balaban J connectivity index is 1.68. The first kappa shape index (κ1) is 16.7. The second-order valence-electron chi connectivity index (χ2n) is 7.40. The van der Waals surface area contributed by atoms with Crippen molar-refractivity contribution in [2.24, 2.45) is 0 Å². The molecule has 138 valence electrons. The molecule has 0 radical (unpaired) electrons. The van der Waals surface area contributed by atoms with Gasteiger partial charge in [-0.25, -0.2) is 9.67 Å². The fourth-order valence-corrected chi connectivity index (χ4v) is 4.16. The van der Waals surface area contributed by atoms with Crippen LogP contribution in [-0.4, -0.2) is 20.5 Å². The van der Waals surface area contributed by atoms with Crippen LogP contribution in [0.5, 0.6) is 0 Å². The number of nitrogens with zero attached hydrogens (tertiary/aromatic N) is 2. The lowest BCUT2D eigenvalue weighted by Gasteiger charge is -2.24. The normalized spacial score (nSPS) is 16.3. The molecule has 4 aromatic rings. The SMILES string of the molecule is Cc1cccc(C2CC(=O)c3cnc4[nH]n(-c5ccccc5)c(=O)c4c3C2)c1. The number of fused-ring (bicyclic) bond motifs is 3. The summed E-state index contributed by atoms with van der Waals surface area (Å²) in [5.41, 5.74) is 4.80. The molecule has 0 fully saturated rings. The molecule has 0 bridgehead atoms. The smallest absolute Gasteiger partial charge is 0.281 e. The van der Waals surface area contributed by atoms with E-state index in [2.05, 4.69) is 35.2 Å². The molecule has 5 heteroatoms. The van der Waals surface area contributed by atoms with Crippen LogP contribution in [0.2, 0.25) is 0 Å². The van der Waals surface area contributed by atoms with Crippen molar-refractivity contribution in [3.05, 3.63) is 93.4 Å². The van der Waals surface area contributed by atoms with Crippen molar-refractivity contribution < 1.29 is 4.79 Å². The predicted octanol–water partition coefficient (Wildman–Crippen LogP) is 3.93. The van der Waals surface area contributed by atoms with Crippen LogP contribution in [0.1, 0.15) is 39.4 Å². The number of pyridine rings is 1. The molecule has 1 aliphatic carbocycles. The van der Waals surface area contributed by atoms with Gasteiger partial charge in [0.05, 0.1) is 11.1 Å². The minimum atomic E-state index is -0.164. The number of nitrogens with one attached hydrogen (secondary N) is 1. The molecular formula is C23H19N3O2. The van der Waals surface area contributed by atoms with Crippen LogP contribution in [0.3, 0.4) is 0 Å². The molecule has 2 heterocycles. The van der Waals surface area contributed by atoms with Gasteiger partial charge in [-0.3, -0.25) is 14.7 Å². The molecular weight excluding hydrogens is 350 g/mol. The van der Waals surface area contributed by atoms with Gasteiger partial charge in [-0.1, -0.05) is 48.0 Å². The Labute approximate surface area is 161 Å². The van der Waals surface area contributed by atoms with Gasteiger partial charge < -0.3 is 0 Å². The van der Waals surface area contributed by atoms with E-state index in [4.69, 9.17) is 0 Å². The molecule has 5 nitrogen and oxygen atoms in total. The Hall–Kier alpha value is -3.47. The molecule has 28 heavy (non-hydrogen) atoms. The molecule has 1 atom stereocenters. The van der Waals surface area contributed by atoms with Crippen LogP contribution in [0.15, 0.2) is 65.6 Å². The first-order chi connectivity index (χ1) is 13.6. The van der Waals surface area contributed by atoms with Gasteiger partial charge in [0, 0.05) is 18.2 Å². The van der Waals surface area contributed by atoms with Crippen molar-refractivity contribution >= 4 is 16.8 Å². The van der Waals surface area contributed by atoms with Crippen LogP contribution < -0.4 is 5.56 Å². The molecule has 2 aromatic heterocycles. The summed E-state index contributed by atoms with van der Waals surface area (Å²) in [6, 6.07) is 17.7. The zero-order valence-electron chi connectivity index (χ0n) is 15.5. The lowest BCUT2D eigenvalue weighted by molar-refractivity contribution is 0.0964. The topological polar surface area (TPSA) is 67.8 Å². The number of aromatic nitrogens is 3. The van der Waals surface area contributed by atoms with E-state index in [-0.39, 0.29) is 17.3 Å². The Bertz CT molecular complexity index is 1270. The van der Waals surface area contributed by atoms with Crippen molar-refractivity contribution in [2.75, 3.05) is 0 Å². The second kappa shape index (κ2) is 6.30. The number of hydrogen-bond donors (Lipinski definition) is 1. The summed E-state index contributed by atoms with van der Waals surface area (Å²) < 4.78 is 1.50. The van der Waals surface area contributed by atoms with Gasteiger partial charge in [0.2, 0.25) is 0 Å². The van der Waals surface area contributed by atoms with Gasteiger partial charge in [0.25, 0.3) is 5.56 Å². The van der Waals surface area contributed by atoms with Gasteiger partial charge >= 0.3 is 0 Å². The number of carbonyl (C=O) groups excluding carboxylic acids is 1. The standard InChI is InChI=1S/C23H19N3O2/c1-14-6-5-7-15(10-14)16-11-18-19(20(27)12-16)13-24-22-21(18)23(28)26(25-22)17-8-3-2-4-9-17/h2-10,13,16H,11-12H2,1H3,(H,24,25). The number of rotatable bonds is 2. The maximum absolute atomic E-state index is 13.2. The van der Waals surface area contributed by atoms with Crippen molar-refractivity contribution in [1.29, 1.82) is 0 Å². The van der Waals surface area contributed by atoms with Gasteiger partial charge in [0.1, 0.15) is 0 Å². The largest absolute Gasteiger partial charge is 0.294 e. The molecule has 2 aromatic carbocycles. The Morgan fingerprint density at radius 2 is 1.86 bits per heavy atom. The molecule has 1 aliphatic rings. The summed E-state index contributed by atoms with van der Waals surface area (Å²) in [5.74, 6) is 0.124. The van der Waals surface area contributed by atoms with Gasteiger partial charge in [0.15, 0.2) is 11.4 Å². The molecule has 1 N–H and O–H groups in total. The monoisotopic (exact) mass is 369 g/mol. The summed E-state index contributed by atoms with van der Waals surface area (Å²) in [4.78, 5) is 30.4. The molecule has 5 rings (SSSR count). The first-order valence-electron chi connectivity index (χ1n) is 9.39. The number of aryl methyl sites for hydroxylation is 1. The number of para-hydroxylation sites is 1. The lowest BCUT2D eigenvalue weighted by Crippen LogP contribution is -2.22. The van der Waals surface area contributed by atoms with E-state index in [1.807, 2.05) is 36.4 Å². The fraction of sp³-hybridized carbons (Fsp3) is 0.174. The molecule has 0 saturated carbocycles. The number of benzene rings is 2. The zero-order valence-corrected chi connectivity index (χ0v) is 15.5. The summed E-state index contributed by atoms with van der Waals surface area (Å²) >= 11 is 0. The highest BCUT2D eigenvalue weighted by atomic mass is 16.1. The van der Waals surface area contributed by atoms with Crippen LogP contribution >= 0.6 is 0 Å². The van der Waals surface area contributed by atoms with Crippen LogP contribution in [0.4, 0.5) is 0 Å². The second-order valence-corrected chi connectivity index (χ2v) is 7.40. The van der Waals surface area contributed by atoms with Crippen molar-refractivity contribution in [1.82, 2.24) is 14.8 Å². The highest BCUT2D eigenvalue weighted by Gasteiger charge is 2.30. The van der Waals surface area contributed by atoms with Gasteiger partial charge in [-0.05, 0) is 42.5 Å². The molecule has 1 unspecified atom stereocenters. The van der Waals surface area contributed by atoms with Crippen LogP contribution in [0.25, 0.3) is 16.7 Å². The fourth-order valence-electron chi connectivity index (χ4n) is 4.16. The summed E-state index contributed by atoms with van der Waals surface area (Å²) in [6.07, 6.45) is 2.71. The van der Waals surface area contributed by atoms with Crippen molar-refractivity contribution in [2.45, 2.75) is 25.7 Å². The number of hydrogen-bond acceptors (Lipinski definition) is 3. The van der Waals surface area contributed by atoms with E-state index in [9.17, 15) is 9.59 Å². The van der Waals surface area contributed by atoms with Gasteiger partial charge in [-0.15, -0.1) is 0 Å². The van der Waals surface area contributed by atoms with E-state index >= 15 is 0 Å². The average Bonchev–Trinajstić information content (AvgIpc) is 3.05. The van der Waals surface area contributed by atoms with Crippen LogP contribution in [0, 0.1) is 6.92 Å². The van der Waals surface area contributed by atoms with E-state index < -0.39 is 0 Å². The number of carbonyl (C=O) groups is 1. The Morgan fingerprint density at radius 3 is 2.64 bits per heavy atom. The third-order valence-electron chi connectivity index (χ3n) is 5.53. The quantitative estimate of drug-likeness (QED) is 0.582. The summed E-state index contributed by atoms with van der Waals surface area (Å²) in [7, 11) is 0. The maximum atomic E-state index is 13.2. The molecule has 0 amide bonds. The molecule has 0 spiro atoms. The summed E-state index contributed by atoms with van der Waals surface area (Å²) in [5, 5.41) is 3.61. The highest BCUT2D eigenvalue weighted by Crippen LogP contribution is 2.35. The molecule has 0 aliphatic heterocycles. The number of H-pyrrole nitrogens is 1. The van der Waals surface area contributed by atoms with E-state index in [0.717, 1.165) is 16.8 Å². The minimum Gasteiger partial charge on any atom is -0.294 e. The Kier molecular flexibility index (Phi) is 3.76. The number of Topliss-reactive ketones (excluding diaryl/α,β-unsaturated/α-hetero) is 1.